The van der Waals surface area contributed by atoms with Crippen LogP contribution in [0.25, 0.3) is 0 Å². The van der Waals surface area contributed by atoms with E-state index in [0.29, 0.717) is 13.0 Å². The Labute approximate surface area is 101 Å². The summed E-state index contributed by atoms with van der Waals surface area (Å²) in [5, 5.41) is 11.6. The molecule has 0 heterocycles. The van der Waals surface area contributed by atoms with Gasteiger partial charge in [0.25, 0.3) is 0 Å². The molecule has 92 valence electrons. The number of aromatic carboxylic acids is 1. The summed E-state index contributed by atoms with van der Waals surface area (Å²) in [6.45, 7) is 2.41. The fourth-order valence-corrected chi connectivity index (χ4v) is 1.44. The summed E-state index contributed by atoms with van der Waals surface area (Å²) in [5.74, 6) is -0.947. The second-order valence-electron chi connectivity index (χ2n) is 3.89. The summed E-state index contributed by atoms with van der Waals surface area (Å²) in [4.78, 5) is 22.1. The first-order valence-electron chi connectivity index (χ1n) is 5.72. The Kier molecular flexibility index (Phi) is 5.20. The summed E-state index contributed by atoms with van der Waals surface area (Å²) in [6, 6.07) is 6.58. The van der Waals surface area contributed by atoms with E-state index in [9.17, 15) is 9.59 Å². The highest BCUT2D eigenvalue weighted by Crippen LogP contribution is 2.05. The zero-order valence-corrected chi connectivity index (χ0v) is 9.90. The molecular weight excluding hydrogens is 218 g/mol. The predicted octanol–water partition coefficient (Wildman–Crippen LogP) is 2.19. The Balaban J connectivity index is 2.49. The van der Waals surface area contributed by atoms with E-state index in [4.69, 9.17) is 5.11 Å². The van der Waals surface area contributed by atoms with E-state index >= 15 is 0 Å². The van der Waals surface area contributed by atoms with Gasteiger partial charge in [-0.3, -0.25) is 4.79 Å². The quantitative estimate of drug-likeness (QED) is 0.794. The zero-order valence-electron chi connectivity index (χ0n) is 9.90. The molecule has 0 unspecified atom stereocenters. The van der Waals surface area contributed by atoms with Gasteiger partial charge < -0.3 is 10.4 Å². The standard InChI is InChI=1S/C13H17NO3/c1-2-3-7-12(15)14-9-10-5-4-6-11(8-10)13(16)17/h4-6,8H,2-3,7,9H2,1H3,(H,14,15)(H,16,17). The minimum absolute atomic E-state index is 0.00702. The summed E-state index contributed by atoms with van der Waals surface area (Å²) in [5.41, 5.74) is 1.04. The van der Waals surface area contributed by atoms with Crippen LogP contribution >= 0.6 is 0 Å². The summed E-state index contributed by atoms with van der Waals surface area (Å²) < 4.78 is 0. The summed E-state index contributed by atoms with van der Waals surface area (Å²) >= 11 is 0. The molecule has 4 nitrogen and oxygen atoms in total. The van der Waals surface area contributed by atoms with E-state index in [0.717, 1.165) is 18.4 Å². The minimum Gasteiger partial charge on any atom is -0.478 e. The van der Waals surface area contributed by atoms with Crippen LogP contribution in [0, 0.1) is 0 Å². The molecular formula is C13H17NO3. The maximum Gasteiger partial charge on any atom is 0.335 e. The van der Waals surface area contributed by atoms with Crippen LogP contribution in [-0.4, -0.2) is 17.0 Å². The van der Waals surface area contributed by atoms with Crippen molar-refractivity contribution < 1.29 is 14.7 Å². The molecule has 2 N–H and O–H groups in total. The van der Waals surface area contributed by atoms with Crippen molar-refractivity contribution in [1.29, 1.82) is 0 Å². The number of carbonyl (C=O) groups excluding carboxylic acids is 1. The van der Waals surface area contributed by atoms with Gasteiger partial charge in [0, 0.05) is 13.0 Å². The first-order valence-corrected chi connectivity index (χ1v) is 5.72. The molecule has 0 aromatic heterocycles. The van der Waals surface area contributed by atoms with Crippen LogP contribution in [0.4, 0.5) is 0 Å². The van der Waals surface area contributed by atoms with Crippen molar-refractivity contribution in [3.8, 4) is 0 Å². The van der Waals surface area contributed by atoms with Gasteiger partial charge >= 0.3 is 5.97 Å². The number of nitrogens with one attached hydrogen (secondary N) is 1. The minimum atomic E-state index is -0.954. The molecule has 1 aromatic rings. The molecule has 0 fully saturated rings. The lowest BCUT2D eigenvalue weighted by atomic mass is 10.1. The molecule has 0 atom stereocenters. The van der Waals surface area contributed by atoms with E-state index < -0.39 is 5.97 Å². The average molecular weight is 235 g/mol. The molecule has 0 saturated carbocycles. The normalized spacial score (nSPS) is 9.94. The van der Waals surface area contributed by atoms with Crippen LogP contribution in [-0.2, 0) is 11.3 Å². The molecule has 0 saturated heterocycles. The zero-order chi connectivity index (χ0) is 12.7. The maximum absolute atomic E-state index is 11.4. The number of amides is 1. The number of carboxylic acid groups (broad SMARTS) is 1. The van der Waals surface area contributed by atoms with Crippen LogP contribution in [0.2, 0.25) is 0 Å². The second-order valence-corrected chi connectivity index (χ2v) is 3.89. The van der Waals surface area contributed by atoms with Gasteiger partial charge in [0.15, 0.2) is 0 Å². The van der Waals surface area contributed by atoms with Crippen LogP contribution in [0.5, 0.6) is 0 Å². The monoisotopic (exact) mass is 235 g/mol. The molecule has 1 amide bonds. The third kappa shape index (κ3) is 4.68. The molecule has 0 bridgehead atoms. The van der Waals surface area contributed by atoms with Crippen molar-refractivity contribution >= 4 is 11.9 Å². The third-order valence-corrected chi connectivity index (χ3v) is 2.42. The van der Waals surface area contributed by atoms with Gasteiger partial charge in [0.05, 0.1) is 5.56 Å². The number of unbranched alkanes of at least 4 members (excludes halogenated alkanes) is 1. The number of carboxylic acids is 1. The number of benzene rings is 1. The third-order valence-electron chi connectivity index (χ3n) is 2.42. The Morgan fingerprint density at radius 3 is 2.76 bits per heavy atom. The van der Waals surface area contributed by atoms with Gasteiger partial charge in [-0.2, -0.15) is 0 Å². The van der Waals surface area contributed by atoms with Crippen molar-refractivity contribution in [2.75, 3.05) is 0 Å². The lowest BCUT2D eigenvalue weighted by Crippen LogP contribution is -2.22. The van der Waals surface area contributed by atoms with E-state index in [2.05, 4.69) is 5.32 Å². The highest BCUT2D eigenvalue weighted by atomic mass is 16.4. The average Bonchev–Trinajstić information content (AvgIpc) is 2.34. The van der Waals surface area contributed by atoms with E-state index in [-0.39, 0.29) is 11.5 Å². The highest BCUT2D eigenvalue weighted by Gasteiger charge is 2.04. The van der Waals surface area contributed by atoms with Crippen LogP contribution in [0.3, 0.4) is 0 Å². The molecule has 17 heavy (non-hydrogen) atoms. The van der Waals surface area contributed by atoms with Crippen molar-refractivity contribution in [3.63, 3.8) is 0 Å². The van der Waals surface area contributed by atoms with Gasteiger partial charge in [-0.05, 0) is 24.1 Å². The lowest BCUT2D eigenvalue weighted by Gasteiger charge is -2.05. The van der Waals surface area contributed by atoms with Crippen molar-refractivity contribution in [2.24, 2.45) is 0 Å². The van der Waals surface area contributed by atoms with Crippen LogP contribution < -0.4 is 5.32 Å². The molecule has 0 aliphatic rings. The van der Waals surface area contributed by atoms with Gasteiger partial charge in [-0.1, -0.05) is 25.5 Å². The van der Waals surface area contributed by atoms with Gasteiger partial charge in [-0.15, -0.1) is 0 Å². The molecule has 4 heteroatoms. The Hall–Kier alpha value is -1.84. The van der Waals surface area contributed by atoms with Crippen molar-refractivity contribution in [2.45, 2.75) is 32.7 Å². The fraction of sp³-hybridized carbons (Fsp3) is 0.385. The first kappa shape index (κ1) is 13.2. The molecule has 1 rings (SSSR count). The molecule has 0 aliphatic heterocycles. The van der Waals surface area contributed by atoms with Crippen molar-refractivity contribution in [3.05, 3.63) is 35.4 Å². The smallest absolute Gasteiger partial charge is 0.335 e. The second kappa shape index (κ2) is 6.68. The molecule has 0 radical (unpaired) electrons. The van der Waals surface area contributed by atoms with Gasteiger partial charge in [0.2, 0.25) is 5.91 Å². The van der Waals surface area contributed by atoms with Gasteiger partial charge in [-0.25, -0.2) is 4.79 Å². The lowest BCUT2D eigenvalue weighted by molar-refractivity contribution is -0.121. The summed E-state index contributed by atoms with van der Waals surface area (Å²) in [6.07, 6.45) is 2.39. The number of rotatable bonds is 6. The van der Waals surface area contributed by atoms with E-state index in [1.54, 1.807) is 18.2 Å². The Bertz CT molecular complexity index is 401. The Morgan fingerprint density at radius 1 is 1.35 bits per heavy atom. The topological polar surface area (TPSA) is 66.4 Å². The first-order chi connectivity index (χ1) is 8.13. The van der Waals surface area contributed by atoms with E-state index in [1.165, 1.54) is 6.07 Å². The number of hydrogen-bond acceptors (Lipinski definition) is 2. The number of hydrogen-bond donors (Lipinski definition) is 2. The maximum atomic E-state index is 11.4. The Morgan fingerprint density at radius 2 is 2.12 bits per heavy atom. The molecule has 0 aliphatic carbocycles. The van der Waals surface area contributed by atoms with Crippen molar-refractivity contribution in [1.82, 2.24) is 5.32 Å². The fourth-order valence-electron chi connectivity index (χ4n) is 1.44. The van der Waals surface area contributed by atoms with E-state index in [1.807, 2.05) is 6.92 Å². The van der Waals surface area contributed by atoms with Crippen LogP contribution in [0.1, 0.15) is 42.1 Å². The SMILES string of the molecule is CCCCC(=O)NCc1cccc(C(=O)O)c1. The largest absolute Gasteiger partial charge is 0.478 e. The molecule has 1 aromatic carbocycles. The number of carbonyl (C=O) groups is 2. The van der Waals surface area contributed by atoms with Crippen LogP contribution in [0.15, 0.2) is 24.3 Å². The highest BCUT2D eigenvalue weighted by molar-refractivity contribution is 5.87. The summed E-state index contributed by atoms with van der Waals surface area (Å²) in [7, 11) is 0. The predicted molar refractivity (Wildman–Crippen MR) is 64.8 cm³/mol. The van der Waals surface area contributed by atoms with Gasteiger partial charge in [0.1, 0.15) is 0 Å². The molecule has 0 spiro atoms.